The molecule has 4 N–H and O–H groups in total. The van der Waals surface area contributed by atoms with Crippen molar-refractivity contribution in [2.24, 2.45) is 17.3 Å². The molecule has 0 amide bonds. The van der Waals surface area contributed by atoms with Gasteiger partial charge in [-0.15, -0.1) is 0 Å². The number of carbonyl (C=O) groups is 1. The highest BCUT2D eigenvalue weighted by Crippen LogP contribution is 2.43. The molecule has 0 saturated carbocycles. The molecule has 0 aliphatic heterocycles. The highest BCUT2D eigenvalue weighted by Gasteiger charge is 2.39. The van der Waals surface area contributed by atoms with Crippen LogP contribution in [0, 0.1) is 17.3 Å². The molecule has 0 radical (unpaired) electrons. The molecule has 200 valence electrons. The predicted molar refractivity (Wildman–Crippen MR) is 146 cm³/mol. The second-order valence-corrected chi connectivity index (χ2v) is 10.9. The fourth-order valence-electron chi connectivity index (χ4n) is 5.57. The van der Waals surface area contributed by atoms with Gasteiger partial charge in [0.05, 0.1) is 0 Å². The number of carbonyl (C=O) groups excluding carboxylic acids is 1. The van der Waals surface area contributed by atoms with E-state index in [0.717, 1.165) is 32.1 Å². The van der Waals surface area contributed by atoms with Crippen LogP contribution in [-0.2, 0) is 4.79 Å². The summed E-state index contributed by atoms with van der Waals surface area (Å²) in [5.41, 5.74) is -0.651. The van der Waals surface area contributed by atoms with E-state index in [0.29, 0.717) is 0 Å². The van der Waals surface area contributed by atoms with E-state index in [1.165, 1.54) is 103 Å². The molecular formula is C30H63NO2. The molecule has 3 heteroatoms. The number of aliphatic carboxylic acids is 1. The SMILES string of the molecule is CCCCCCCCCCCCCCCC(C)C(CCCCCCCC)(C(=O)[O-])C(C)C.[NH4+]. The van der Waals surface area contributed by atoms with E-state index in [1.807, 2.05) is 0 Å². The minimum Gasteiger partial charge on any atom is -0.550 e. The minimum atomic E-state index is -0.803. The summed E-state index contributed by atoms with van der Waals surface area (Å²) in [4.78, 5) is 12.3. The average molecular weight is 470 g/mol. The van der Waals surface area contributed by atoms with Gasteiger partial charge in [-0.25, -0.2) is 0 Å². The highest BCUT2D eigenvalue weighted by atomic mass is 16.4. The fraction of sp³-hybridized carbons (Fsp3) is 0.967. The Morgan fingerprint density at radius 3 is 1.27 bits per heavy atom. The van der Waals surface area contributed by atoms with Gasteiger partial charge < -0.3 is 16.1 Å². The molecule has 0 heterocycles. The van der Waals surface area contributed by atoms with Crippen LogP contribution in [0.4, 0.5) is 0 Å². The van der Waals surface area contributed by atoms with E-state index in [4.69, 9.17) is 0 Å². The number of hydrogen-bond acceptors (Lipinski definition) is 2. The minimum absolute atomic E-state index is 0. The quantitative estimate of drug-likeness (QED) is 0.143. The van der Waals surface area contributed by atoms with Crippen molar-refractivity contribution in [3.8, 4) is 0 Å². The molecule has 0 aromatic heterocycles. The van der Waals surface area contributed by atoms with Gasteiger partial charge in [-0.3, -0.25) is 0 Å². The Balaban J connectivity index is 0. The molecule has 33 heavy (non-hydrogen) atoms. The highest BCUT2D eigenvalue weighted by molar-refractivity contribution is 5.73. The van der Waals surface area contributed by atoms with Gasteiger partial charge in [0.15, 0.2) is 0 Å². The van der Waals surface area contributed by atoms with E-state index < -0.39 is 11.4 Å². The molecule has 0 aliphatic rings. The lowest BCUT2D eigenvalue weighted by atomic mass is 9.64. The summed E-state index contributed by atoms with van der Waals surface area (Å²) in [6, 6.07) is 0. The second-order valence-electron chi connectivity index (χ2n) is 10.9. The van der Waals surface area contributed by atoms with E-state index in [1.54, 1.807) is 0 Å². The molecule has 0 fully saturated rings. The van der Waals surface area contributed by atoms with E-state index in [9.17, 15) is 9.90 Å². The van der Waals surface area contributed by atoms with Crippen molar-refractivity contribution in [1.29, 1.82) is 0 Å². The molecule has 0 aromatic carbocycles. The van der Waals surface area contributed by atoms with Crippen LogP contribution in [0.5, 0.6) is 0 Å². The number of quaternary nitrogens is 1. The van der Waals surface area contributed by atoms with Crippen molar-refractivity contribution in [3.63, 3.8) is 0 Å². The van der Waals surface area contributed by atoms with Crippen LogP contribution in [-0.4, -0.2) is 5.97 Å². The summed E-state index contributed by atoms with van der Waals surface area (Å²) in [5.74, 6) is -0.459. The number of carboxylic acids is 1. The largest absolute Gasteiger partial charge is 0.550 e. The van der Waals surface area contributed by atoms with Crippen LogP contribution in [0.25, 0.3) is 0 Å². The molecule has 3 nitrogen and oxygen atoms in total. The first-order valence-corrected chi connectivity index (χ1v) is 14.6. The number of unbranched alkanes of at least 4 members (excludes halogenated alkanes) is 17. The maximum absolute atomic E-state index is 12.3. The first kappa shape index (κ1) is 34.6. The molecular weight excluding hydrogens is 406 g/mol. The summed E-state index contributed by atoms with van der Waals surface area (Å²) in [5, 5.41) is 12.3. The Morgan fingerprint density at radius 2 is 0.939 bits per heavy atom. The van der Waals surface area contributed by atoms with Crippen molar-refractivity contribution in [2.45, 2.75) is 169 Å². The Kier molecular flexibility index (Phi) is 24.3. The normalized spacial score (nSPS) is 14.1. The third-order valence-corrected chi connectivity index (χ3v) is 7.97. The van der Waals surface area contributed by atoms with E-state index >= 15 is 0 Å². The summed E-state index contributed by atoms with van der Waals surface area (Å²) in [6.45, 7) is 10.9. The van der Waals surface area contributed by atoms with Crippen LogP contribution in [0.3, 0.4) is 0 Å². The van der Waals surface area contributed by atoms with Crippen LogP contribution < -0.4 is 11.3 Å². The fourth-order valence-corrected chi connectivity index (χ4v) is 5.57. The predicted octanol–water partition coefficient (Wildman–Crippen LogP) is 9.62. The molecule has 0 spiro atoms. The summed E-state index contributed by atoms with van der Waals surface area (Å²) >= 11 is 0. The molecule has 0 aliphatic carbocycles. The van der Waals surface area contributed by atoms with Gasteiger partial charge in [-0.05, 0) is 24.7 Å². The van der Waals surface area contributed by atoms with Crippen LogP contribution in [0.15, 0.2) is 0 Å². The molecule has 0 aromatic rings. The first-order valence-electron chi connectivity index (χ1n) is 14.6. The Morgan fingerprint density at radius 1 is 0.606 bits per heavy atom. The summed E-state index contributed by atoms with van der Waals surface area (Å²) < 4.78 is 0. The lowest BCUT2D eigenvalue weighted by Crippen LogP contribution is -2.50. The van der Waals surface area contributed by atoms with Crippen molar-refractivity contribution in [3.05, 3.63) is 0 Å². The summed E-state index contributed by atoms with van der Waals surface area (Å²) in [6.07, 6.45) is 26.7. The second kappa shape index (κ2) is 23.2. The van der Waals surface area contributed by atoms with E-state index in [2.05, 4.69) is 34.6 Å². The van der Waals surface area contributed by atoms with Gasteiger partial charge in [-0.1, -0.05) is 157 Å². The maximum Gasteiger partial charge on any atom is 0.0481 e. The lowest BCUT2D eigenvalue weighted by Gasteiger charge is -2.44. The van der Waals surface area contributed by atoms with Gasteiger partial charge >= 0.3 is 0 Å². The third kappa shape index (κ3) is 15.9. The molecule has 0 saturated heterocycles. The smallest absolute Gasteiger partial charge is 0.0481 e. The third-order valence-electron chi connectivity index (χ3n) is 7.97. The van der Waals surface area contributed by atoms with Gasteiger partial charge in [0.2, 0.25) is 0 Å². The first-order chi connectivity index (χ1) is 15.4. The maximum atomic E-state index is 12.3. The summed E-state index contributed by atoms with van der Waals surface area (Å²) in [7, 11) is 0. The van der Waals surface area contributed by atoms with Gasteiger partial charge in [-0.2, -0.15) is 0 Å². The standard InChI is InChI=1S/C30H60O2.H3N/c1-6-8-10-12-14-15-16-17-18-19-20-21-23-25-28(5)30(27(3)4,29(31)32)26-24-22-13-11-9-7-2;/h27-28H,6-26H2,1-5H3,(H,31,32);1H3. The monoisotopic (exact) mass is 469 g/mol. The van der Waals surface area contributed by atoms with E-state index in [-0.39, 0.29) is 18.0 Å². The Hall–Kier alpha value is -0.570. The van der Waals surface area contributed by atoms with Gasteiger partial charge in [0.1, 0.15) is 0 Å². The van der Waals surface area contributed by atoms with Crippen LogP contribution in [0.1, 0.15) is 169 Å². The topological polar surface area (TPSA) is 76.6 Å². The zero-order valence-electron chi connectivity index (χ0n) is 23.8. The molecule has 0 bridgehead atoms. The van der Waals surface area contributed by atoms with Gasteiger partial charge in [0, 0.05) is 11.4 Å². The van der Waals surface area contributed by atoms with Crippen LogP contribution in [0.2, 0.25) is 0 Å². The zero-order valence-corrected chi connectivity index (χ0v) is 23.8. The Labute approximate surface area is 208 Å². The zero-order chi connectivity index (χ0) is 24.1. The average Bonchev–Trinajstić information content (AvgIpc) is 2.75. The molecule has 2 atom stereocenters. The molecule has 2 unspecified atom stereocenters. The van der Waals surface area contributed by atoms with Crippen molar-refractivity contribution in [2.75, 3.05) is 0 Å². The van der Waals surface area contributed by atoms with Crippen molar-refractivity contribution < 1.29 is 9.90 Å². The Bertz CT molecular complexity index is 424. The lowest BCUT2D eigenvalue weighted by molar-refractivity contribution is -0.325. The van der Waals surface area contributed by atoms with Crippen LogP contribution >= 0.6 is 0 Å². The van der Waals surface area contributed by atoms with Crippen molar-refractivity contribution >= 4 is 5.97 Å². The number of carboxylic acid groups (broad SMARTS) is 1. The number of hydrogen-bond donors (Lipinski definition) is 1. The van der Waals surface area contributed by atoms with Crippen molar-refractivity contribution in [1.82, 2.24) is 6.15 Å². The van der Waals surface area contributed by atoms with Gasteiger partial charge in [0.25, 0.3) is 0 Å². The molecule has 0 rings (SSSR count). The number of rotatable bonds is 24.